The Hall–Kier alpha value is -3.11. The molecule has 0 bridgehead atoms. The van der Waals surface area contributed by atoms with E-state index in [0.717, 1.165) is 53.7 Å². The minimum Gasteiger partial charge on any atom is -0.494 e. The molecule has 0 saturated heterocycles. The Kier molecular flexibility index (Phi) is 6.15. The predicted octanol–water partition coefficient (Wildman–Crippen LogP) is 6.74. The first-order valence-corrected chi connectivity index (χ1v) is 10.5. The maximum absolute atomic E-state index is 6.08. The van der Waals surface area contributed by atoms with Gasteiger partial charge in [-0.15, -0.1) is 10.2 Å². The molecule has 0 aliphatic heterocycles. The zero-order chi connectivity index (χ0) is 20.9. The standard InChI is InChI=1S/C25H24ClN3O/c1-3-4-17-30-23-15-9-20(10-16-23)25-28-27-24(19-7-11-21(26)12-8-19)29(25)22-13-5-18(2)6-14-22/h5-16H,3-4,17H2,1-2H3. The van der Waals surface area contributed by atoms with Gasteiger partial charge in [-0.25, -0.2) is 0 Å². The van der Waals surface area contributed by atoms with Gasteiger partial charge in [0.2, 0.25) is 0 Å². The molecule has 152 valence electrons. The van der Waals surface area contributed by atoms with Gasteiger partial charge in [-0.1, -0.05) is 42.6 Å². The molecule has 30 heavy (non-hydrogen) atoms. The smallest absolute Gasteiger partial charge is 0.168 e. The summed E-state index contributed by atoms with van der Waals surface area (Å²) in [6.07, 6.45) is 2.17. The topological polar surface area (TPSA) is 39.9 Å². The minimum absolute atomic E-state index is 0.694. The van der Waals surface area contributed by atoms with Gasteiger partial charge in [0, 0.05) is 21.8 Å². The summed E-state index contributed by atoms with van der Waals surface area (Å²) < 4.78 is 7.87. The molecule has 0 unspecified atom stereocenters. The summed E-state index contributed by atoms with van der Waals surface area (Å²) in [4.78, 5) is 0. The van der Waals surface area contributed by atoms with Crippen LogP contribution in [0.25, 0.3) is 28.5 Å². The summed E-state index contributed by atoms with van der Waals surface area (Å²) in [5, 5.41) is 9.73. The van der Waals surface area contributed by atoms with Gasteiger partial charge in [-0.3, -0.25) is 4.57 Å². The van der Waals surface area contributed by atoms with E-state index < -0.39 is 0 Å². The quantitative estimate of drug-likeness (QED) is 0.312. The fourth-order valence-electron chi connectivity index (χ4n) is 3.23. The van der Waals surface area contributed by atoms with Crippen LogP contribution in [-0.4, -0.2) is 21.4 Å². The molecule has 0 radical (unpaired) electrons. The lowest BCUT2D eigenvalue weighted by Crippen LogP contribution is -2.01. The molecule has 0 amide bonds. The van der Waals surface area contributed by atoms with Crippen LogP contribution in [-0.2, 0) is 0 Å². The first kappa shape index (κ1) is 20.2. The highest BCUT2D eigenvalue weighted by atomic mass is 35.5. The lowest BCUT2D eigenvalue weighted by Gasteiger charge is -2.12. The van der Waals surface area contributed by atoms with Crippen molar-refractivity contribution in [2.24, 2.45) is 0 Å². The molecule has 5 heteroatoms. The van der Waals surface area contributed by atoms with Crippen molar-refractivity contribution >= 4 is 11.6 Å². The van der Waals surface area contributed by atoms with E-state index in [1.54, 1.807) is 0 Å². The average molecular weight is 418 g/mol. The molecule has 0 N–H and O–H groups in total. The largest absolute Gasteiger partial charge is 0.494 e. The summed E-state index contributed by atoms with van der Waals surface area (Å²) in [6.45, 7) is 4.97. The number of aryl methyl sites for hydroxylation is 1. The Morgan fingerprint density at radius 2 is 1.37 bits per heavy atom. The van der Waals surface area contributed by atoms with Crippen molar-refractivity contribution in [1.82, 2.24) is 14.8 Å². The van der Waals surface area contributed by atoms with Crippen LogP contribution >= 0.6 is 11.6 Å². The zero-order valence-corrected chi connectivity index (χ0v) is 17.9. The fourth-order valence-corrected chi connectivity index (χ4v) is 3.36. The Bertz CT molecular complexity index is 1100. The summed E-state index contributed by atoms with van der Waals surface area (Å²) >= 11 is 6.08. The van der Waals surface area contributed by atoms with Crippen molar-refractivity contribution in [3.8, 4) is 34.2 Å². The van der Waals surface area contributed by atoms with Gasteiger partial charge in [0.25, 0.3) is 0 Å². The van der Waals surface area contributed by atoms with E-state index in [4.69, 9.17) is 16.3 Å². The number of hydrogen-bond donors (Lipinski definition) is 0. The van der Waals surface area contributed by atoms with Gasteiger partial charge in [-0.2, -0.15) is 0 Å². The third-order valence-electron chi connectivity index (χ3n) is 4.94. The van der Waals surface area contributed by atoms with Crippen LogP contribution in [0.4, 0.5) is 0 Å². The molecule has 4 aromatic rings. The van der Waals surface area contributed by atoms with E-state index in [1.807, 2.05) is 48.5 Å². The van der Waals surface area contributed by atoms with E-state index in [-0.39, 0.29) is 0 Å². The molecule has 0 aliphatic carbocycles. The maximum atomic E-state index is 6.08. The fraction of sp³-hybridized carbons (Fsp3) is 0.200. The minimum atomic E-state index is 0.694. The van der Waals surface area contributed by atoms with Gasteiger partial charge in [-0.05, 0) is 74.0 Å². The average Bonchev–Trinajstić information content (AvgIpc) is 3.20. The van der Waals surface area contributed by atoms with Crippen molar-refractivity contribution in [3.05, 3.63) is 83.4 Å². The first-order chi connectivity index (χ1) is 14.7. The molecular weight excluding hydrogens is 394 g/mol. The van der Waals surface area contributed by atoms with Crippen LogP contribution in [0, 0.1) is 6.92 Å². The lowest BCUT2D eigenvalue weighted by atomic mass is 10.1. The van der Waals surface area contributed by atoms with Crippen LogP contribution in [0.2, 0.25) is 5.02 Å². The van der Waals surface area contributed by atoms with E-state index >= 15 is 0 Å². The number of hydrogen-bond acceptors (Lipinski definition) is 3. The molecular formula is C25H24ClN3O. The van der Waals surface area contributed by atoms with Crippen molar-refractivity contribution in [3.63, 3.8) is 0 Å². The van der Waals surface area contributed by atoms with Crippen molar-refractivity contribution < 1.29 is 4.74 Å². The van der Waals surface area contributed by atoms with Crippen LogP contribution in [0.1, 0.15) is 25.3 Å². The van der Waals surface area contributed by atoms with Gasteiger partial charge in [0.1, 0.15) is 5.75 Å². The summed E-state index contributed by atoms with van der Waals surface area (Å²) in [5.74, 6) is 2.42. The van der Waals surface area contributed by atoms with Gasteiger partial charge < -0.3 is 4.74 Å². The van der Waals surface area contributed by atoms with Crippen LogP contribution in [0.3, 0.4) is 0 Å². The lowest BCUT2D eigenvalue weighted by molar-refractivity contribution is 0.309. The summed E-state index contributed by atoms with van der Waals surface area (Å²) in [5.41, 5.74) is 4.15. The second kappa shape index (κ2) is 9.14. The maximum Gasteiger partial charge on any atom is 0.168 e. The number of aromatic nitrogens is 3. The first-order valence-electron chi connectivity index (χ1n) is 10.2. The predicted molar refractivity (Wildman–Crippen MR) is 122 cm³/mol. The molecule has 0 fully saturated rings. The van der Waals surface area contributed by atoms with Crippen molar-refractivity contribution in [2.45, 2.75) is 26.7 Å². The Morgan fingerprint density at radius 1 is 0.800 bits per heavy atom. The summed E-state index contributed by atoms with van der Waals surface area (Å²) in [6, 6.07) is 24.1. The molecule has 3 aromatic carbocycles. The molecule has 1 heterocycles. The number of ether oxygens (including phenoxy) is 1. The van der Waals surface area contributed by atoms with E-state index in [9.17, 15) is 0 Å². The van der Waals surface area contributed by atoms with Gasteiger partial charge in [0.15, 0.2) is 11.6 Å². The Morgan fingerprint density at radius 3 is 1.93 bits per heavy atom. The van der Waals surface area contributed by atoms with Crippen LogP contribution in [0.15, 0.2) is 72.8 Å². The van der Waals surface area contributed by atoms with Crippen molar-refractivity contribution in [1.29, 1.82) is 0 Å². The zero-order valence-electron chi connectivity index (χ0n) is 17.2. The Balaban J connectivity index is 1.76. The van der Waals surface area contributed by atoms with Crippen LogP contribution < -0.4 is 4.74 Å². The van der Waals surface area contributed by atoms with Gasteiger partial charge in [0.05, 0.1) is 6.61 Å². The van der Waals surface area contributed by atoms with Gasteiger partial charge >= 0.3 is 0 Å². The highest BCUT2D eigenvalue weighted by Gasteiger charge is 2.17. The van der Waals surface area contributed by atoms with Crippen molar-refractivity contribution in [2.75, 3.05) is 6.61 Å². The second-order valence-corrected chi connectivity index (χ2v) is 7.69. The number of unbranched alkanes of at least 4 members (excludes halogenated alkanes) is 1. The third-order valence-corrected chi connectivity index (χ3v) is 5.19. The highest BCUT2D eigenvalue weighted by molar-refractivity contribution is 6.30. The number of nitrogens with zero attached hydrogens (tertiary/aromatic N) is 3. The normalized spacial score (nSPS) is 10.9. The second-order valence-electron chi connectivity index (χ2n) is 7.25. The number of rotatable bonds is 7. The van der Waals surface area contributed by atoms with E-state index in [2.05, 4.69) is 52.9 Å². The monoisotopic (exact) mass is 417 g/mol. The molecule has 0 aliphatic rings. The summed E-state index contributed by atoms with van der Waals surface area (Å²) in [7, 11) is 0. The van der Waals surface area contributed by atoms with Crippen LogP contribution in [0.5, 0.6) is 5.75 Å². The SMILES string of the molecule is CCCCOc1ccc(-c2nnc(-c3ccc(Cl)cc3)n2-c2ccc(C)cc2)cc1. The third kappa shape index (κ3) is 4.39. The molecule has 0 saturated carbocycles. The molecule has 4 rings (SSSR count). The number of benzene rings is 3. The Labute approximate surface area is 182 Å². The molecule has 4 nitrogen and oxygen atoms in total. The molecule has 1 aromatic heterocycles. The van der Waals surface area contributed by atoms with E-state index in [1.165, 1.54) is 5.56 Å². The molecule has 0 atom stereocenters. The highest BCUT2D eigenvalue weighted by Crippen LogP contribution is 2.30. The number of halogens is 1. The van der Waals surface area contributed by atoms with E-state index in [0.29, 0.717) is 5.02 Å². The molecule has 0 spiro atoms.